The van der Waals surface area contributed by atoms with E-state index in [2.05, 4.69) is 41.7 Å². The lowest BCUT2D eigenvalue weighted by molar-refractivity contribution is -0.125. The van der Waals surface area contributed by atoms with Crippen LogP contribution in [0.25, 0.3) is 11.1 Å². The maximum absolute atomic E-state index is 12.9. The lowest BCUT2D eigenvalue weighted by Gasteiger charge is -2.43. The summed E-state index contributed by atoms with van der Waals surface area (Å²) in [4.78, 5) is 26.5. The fraction of sp³-hybridized carbons (Fsp3) is 0.444. The minimum atomic E-state index is -0.294. The Labute approximate surface area is 189 Å². The molecule has 2 bridgehead atoms. The van der Waals surface area contributed by atoms with Crippen LogP contribution in [-0.2, 0) is 22.4 Å². The highest BCUT2D eigenvalue weighted by molar-refractivity contribution is 6.01. The predicted molar refractivity (Wildman–Crippen MR) is 124 cm³/mol. The first kappa shape index (κ1) is 20.9. The summed E-state index contributed by atoms with van der Waals surface area (Å²) in [5, 5.41) is 13.2. The van der Waals surface area contributed by atoms with Crippen molar-refractivity contribution < 1.29 is 9.59 Å². The van der Waals surface area contributed by atoms with E-state index in [0.717, 1.165) is 40.8 Å². The van der Waals surface area contributed by atoms with Crippen LogP contribution in [0.2, 0.25) is 0 Å². The van der Waals surface area contributed by atoms with Crippen LogP contribution in [0.15, 0.2) is 42.5 Å². The Bertz CT molecular complexity index is 1080. The van der Waals surface area contributed by atoms with E-state index in [0.29, 0.717) is 31.2 Å². The third-order valence-electron chi connectivity index (χ3n) is 7.56. The van der Waals surface area contributed by atoms with Crippen molar-refractivity contribution in [3.05, 3.63) is 53.6 Å². The second kappa shape index (κ2) is 8.52. The van der Waals surface area contributed by atoms with E-state index in [4.69, 9.17) is 0 Å². The first-order valence-corrected chi connectivity index (χ1v) is 11.7. The van der Waals surface area contributed by atoms with Gasteiger partial charge in [0.25, 0.3) is 0 Å². The van der Waals surface area contributed by atoms with Gasteiger partial charge in [0.05, 0.1) is 24.4 Å². The van der Waals surface area contributed by atoms with Crippen molar-refractivity contribution in [1.82, 2.24) is 5.32 Å². The number of anilines is 1. The van der Waals surface area contributed by atoms with Gasteiger partial charge in [0, 0.05) is 25.2 Å². The summed E-state index contributed by atoms with van der Waals surface area (Å²) in [6.07, 6.45) is 6.00. The number of nitrogens with zero attached hydrogens (tertiary/aromatic N) is 2. The summed E-state index contributed by atoms with van der Waals surface area (Å²) in [5.74, 6) is 0.492. The normalized spacial score (nSPS) is 24.8. The molecule has 1 N–H and O–H groups in total. The van der Waals surface area contributed by atoms with Gasteiger partial charge in [0.1, 0.15) is 0 Å². The molecule has 6 rings (SSSR count). The average molecular weight is 428 g/mol. The Morgan fingerprint density at radius 3 is 2.50 bits per heavy atom. The number of carbonyl (C=O) groups is 2. The number of hydrogen-bond acceptors (Lipinski definition) is 4. The van der Waals surface area contributed by atoms with Crippen LogP contribution in [0, 0.1) is 23.2 Å². The summed E-state index contributed by atoms with van der Waals surface area (Å²) in [6.45, 7) is 0. The van der Waals surface area contributed by atoms with Crippen LogP contribution in [-0.4, -0.2) is 30.8 Å². The van der Waals surface area contributed by atoms with Crippen LogP contribution in [0.4, 0.5) is 5.69 Å². The van der Waals surface area contributed by atoms with Gasteiger partial charge in [-0.2, -0.15) is 5.26 Å². The van der Waals surface area contributed by atoms with Crippen molar-refractivity contribution in [2.75, 3.05) is 11.9 Å². The molecule has 164 valence electrons. The fourth-order valence-corrected chi connectivity index (χ4v) is 5.67. The summed E-state index contributed by atoms with van der Waals surface area (Å²) in [6, 6.07) is 17.2. The van der Waals surface area contributed by atoms with Gasteiger partial charge in [-0.15, -0.1) is 0 Å². The molecule has 1 amide bonds. The molecule has 0 spiro atoms. The van der Waals surface area contributed by atoms with Crippen LogP contribution >= 0.6 is 0 Å². The van der Waals surface area contributed by atoms with Crippen molar-refractivity contribution >= 4 is 17.4 Å². The second-order valence-electron chi connectivity index (χ2n) is 9.63. The number of nitrogens with one attached hydrogen (secondary N) is 1. The zero-order valence-electron chi connectivity index (χ0n) is 18.5. The third-order valence-corrected chi connectivity index (χ3v) is 7.56. The molecular formula is C27H29N3O2. The second-order valence-corrected chi connectivity index (χ2v) is 9.63. The Morgan fingerprint density at radius 1 is 1.12 bits per heavy atom. The van der Waals surface area contributed by atoms with Crippen molar-refractivity contribution in [3.8, 4) is 17.2 Å². The first-order chi connectivity index (χ1) is 15.5. The molecule has 2 aromatic rings. The molecule has 2 saturated heterocycles. The molecule has 5 heteroatoms. The Morgan fingerprint density at radius 2 is 1.84 bits per heavy atom. The quantitative estimate of drug-likeness (QED) is 0.755. The van der Waals surface area contributed by atoms with Crippen LogP contribution in [0.3, 0.4) is 0 Å². The van der Waals surface area contributed by atoms with Gasteiger partial charge in [0.15, 0.2) is 5.78 Å². The summed E-state index contributed by atoms with van der Waals surface area (Å²) >= 11 is 0. The number of likely N-dealkylation sites (N-methyl/N-ethyl adjacent to an activating group) is 1. The van der Waals surface area contributed by atoms with Gasteiger partial charge < -0.3 is 10.2 Å². The maximum atomic E-state index is 12.9. The van der Waals surface area contributed by atoms with E-state index < -0.39 is 0 Å². The van der Waals surface area contributed by atoms with E-state index in [-0.39, 0.29) is 23.7 Å². The average Bonchev–Trinajstić information content (AvgIpc) is 3.12. The molecule has 32 heavy (non-hydrogen) atoms. The molecule has 2 aromatic carbocycles. The number of benzene rings is 2. The van der Waals surface area contributed by atoms with Crippen molar-refractivity contribution in [1.29, 1.82) is 5.26 Å². The largest absolute Gasteiger partial charge is 0.315 e. The molecular weight excluding hydrogens is 398 g/mol. The Kier molecular flexibility index (Phi) is 5.57. The fourth-order valence-electron chi connectivity index (χ4n) is 5.67. The summed E-state index contributed by atoms with van der Waals surface area (Å²) in [5.41, 5.74) is 5.29. The minimum absolute atomic E-state index is 0.0496. The van der Waals surface area contributed by atoms with Gasteiger partial charge >= 0.3 is 0 Å². The molecule has 0 unspecified atom stereocenters. The Balaban J connectivity index is 1.23. The van der Waals surface area contributed by atoms with E-state index in [1.54, 1.807) is 4.90 Å². The minimum Gasteiger partial charge on any atom is -0.315 e. The zero-order chi connectivity index (χ0) is 22.2. The van der Waals surface area contributed by atoms with Gasteiger partial charge in [-0.3, -0.25) is 9.59 Å². The highest BCUT2D eigenvalue weighted by atomic mass is 16.2. The van der Waals surface area contributed by atoms with Gasteiger partial charge in [-0.25, -0.2) is 0 Å². The number of nitriles is 1. The molecule has 3 fully saturated rings. The molecule has 2 atom stereocenters. The number of hydrogen-bond donors (Lipinski definition) is 1. The van der Waals surface area contributed by atoms with Crippen LogP contribution in [0.1, 0.15) is 43.2 Å². The highest BCUT2D eigenvalue weighted by Gasteiger charge is 2.39. The summed E-state index contributed by atoms with van der Waals surface area (Å²) in [7, 11) is 1.81. The smallest absolute Gasteiger partial charge is 0.231 e. The topological polar surface area (TPSA) is 73.2 Å². The van der Waals surface area contributed by atoms with E-state index >= 15 is 0 Å². The number of piperidine rings is 2. The SMILES string of the molecule is CN1C(=O)Cc2cc(-c3ccc(C[C@@H](C#N)CC(=O)[C@H]4NC5CCC4CC5)cc3)ccc21. The standard InChI is InChI=1S/C27H29N3O2/c1-30-24-11-8-21(14-22(24)15-26(30)32)19-4-2-17(3-5-19)12-18(16-28)13-25(31)27-20-6-9-23(29-27)10-7-20/h2-5,8,11,14,18,20,23,27,29H,6-7,9-10,12-13,15H2,1H3/t18-,20?,23?,27+/m1/s1. The number of Topliss-reactive ketones (excluding diaryl/α,β-unsaturated/α-hetero) is 1. The number of amides is 1. The molecule has 5 nitrogen and oxygen atoms in total. The van der Waals surface area contributed by atoms with Crippen LogP contribution in [0.5, 0.6) is 0 Å². The van der Waals surface area contributed by atoms with Crippen molar-refractivity contribution in [2.45, 2.75) is 57.0 Å². The molecule has 3 aliphatic heterocycles. The maximum Gasteiger partial charge on any atom is 0.231 e. The highest BCUT2D eigenvalue weighted by Crippen LogP contribution is 2.35. The number of rotatable bonds is 6. The van der Waals surface area contributed by atoms with Crippen LogP contribution < -0.4 is 10.2 Å². The molecule has 1 saturated carbocycles. The molecule has 1 aliphatic carbocycles. The van der Waals surface area contributed by atoms with E-state index in [1.807, 2.05) is 19.2 Å². The molecule has 3 heterocycles. The lowest BCUT2D eigenvalue weighted by atomic mass is 9.74. The number of fused-ring (bicyclic) bond motifs is 4. The van der Waals surface area contributed by atoms with Gasteiger partial charge in [-0.1, -0.05) is 30.3 Å². The lowest BCUT2D eigenvalue weighted by Crippen LogP contribution is -2.56. The molecule has 0 aromatic heterocycles. The zero-order valence-corrected chi connectivity index (χ0v) is 18.5. The number of ketones is 1. The van der Waals surface area contributed by atoms with E-state index in [1.165, 1.54) is 12.8 Å². The molecule has 4 aliphatic rings. The predicted octanol–water partition coefficient (Wildman–Crippen LogP) is 4.04. The van der Waals surface area contributed by atoms with Gasteiger partial charge in [-0.05, 0) is 72.4 Å². The van der Waals surface area contributed by atoms with Crippen molar-refractivity contribution in [3.63, 3.8) is 0 Å². The summed E-state index contributed by atoms with van der Waals surface area (Å²) < 4.78 is 0. The third kappa shape index (κ3) is 3.96. The first-order valence-electron chi connectivity index (χ1n) is 11.7. The van der Waals surface area contributed by atoms with Gasteiger partial charge in [0.2, 0.25) is 5.91 Å². The van der Waals surface area contributed by atoms with E-state index in [9.17, 15) is 14.9 Å². The van der Waals surface area contributed by atoms with Crippen molar-refractivity contribution in [2.24, 2.45) is 11.8 Å². The Hall–Kier alpha value is -2.97. The monoisotopic (exact) mass is 427 g/mol. The molecule has 0 radical (unpaired) electrons. The number of carbonyl (C=O) groups excluding carboxylic acids is 2.